The van der Waals surface area contributed by atoms with E-state index in [1.165, 1.54) is 22.2 Å². The van der Waals surface area contributed by atoms with Gasteiger partial charge in [0.15, 0.2) is 13.2 Å². The molecule has 1 unspecified atom stereocenters. The van der Waals surface area contributed by atoms with E-state index in [9.17, 15) is 4.79 Å². The lowest BCUT2D eigenvalue weighted by Gasteiger charge is -2.29. The Hall–Kier alpha value is -3.34. The summed E-state index contributed by atoms with van der Waals surface area (Å²) in [5, 5.41) is 10.0. The lowest BCUT2D eigenvalue weighted by atomic mass is 9.92. The van der Waals surface area contributed by atoms with Crippen LogP contribution in [0.25, 0.3) is 22.6 Å². The Morgan fingerprint density at radius 2 is 2.07 bits per heavy atom. The molecule has 0 fully saturated rings. The van der Waals surface area contributed by atoms with Crippen LogP contribution in [0.4, 0.5) is 0 Å². The SMILES string of the molecule is O=C(O)COc1ccc2c(c1)OC1CC[n+]3c(ccc4ccccc43)C1=C2. The smallest absolute Gasteiger partial charge is 0.341 e. The number of para-hydroxylation sites is 1. The van der Waals surface area contributed by atoms with Crippen LogP contribution in [0, 0.1) is 0 Å². The fourth-order valence-corrected chi connectivity index (χ4v) is 3.90. The highest BCUT2D eigenvalue weighted by atomic mass is 16.5. The molecule has 5 rings (SSSR count). The second-order valence-corrected chi connectivity index (χ2v) is 6.81. The molecule has 0 aliphatic carbocycles. The molecule has 134 valence electrons. The van der Waals surface area contributed by atoms with Crippen molar-refractivity contribution in [1.82, 2.24) is 0 Å². The topological polar surface area (TPSA) is 59.6 Å². The summed E-state index contributed by atoms with van der Waals surface area (Å²) >= 11 is 0. The number of fused-ring (bicyclic) bond motifs is 6. The summed E-state index contributed by atoms with van der Waals surface area (Å²) in [6, 6.07) is 18.2. The van der Waals surface area contributed by atoms with Crippen LogP contribution in [0.2, 0.25) is 0 Å². The summed E-state index contributed by atoms with van der Waals surface area (Å²) in [5.74, 6) is 0.245. The van der Waals surface area contributed by atoms with E-state index >= 15 is 0 Å². The van der Waals surface area contributed by atoms with Gasteiger partial charge in [0.1, 0.15) is 17.6 Å². The third-order valence-electron chi connectivity index (χ3n) is 5.12. The molecule has 1 aromatic heterocycles. The van der Waals surface area contributed by atoms with Crippen LogP contribution in [0.3, 0.4) is 0 Å². The van der Waals surface area contributed by atoms with Crippen LogP contribution in [0.15, 0.2) is 54.6 Å². The van der Waals surface area contributed by atoms with Gasteiger partial charge >= 0.3 is 5.97 Å². The zero-order valence-corrected chi connectivity index (χ0v) is 14.6. The molecule has 0 spiro atoms. The van der Waals surface area contributed by atoms with Crippen molar-refractivity contribution in [3.8, 4) is 11.5 Å². The molecule has 0 bridgehead atoms. The molecule has 0 saturated heterocycles. The van der Waals surface area contributed by atoms with Crippen LogP contribution < -0.4 is 14.0 Å². The van der Waals surface area contributed by atoms with E-state index in [1.807, 2.05) is 6.07 Å². The number of benzene rings is 2. The van der Waals surface area contributed by atoms with Crippen LogP contribution in [-0.4, -0.2) is 23.8 Å². The zero-order chi connectivity index (χ0) is 18.4. The highest BCUT2D eigenvalue weighted by molar-refractivity contribution is 5.87. The summed E-state index contributed by atoms with van der Waals surface area (Å²) in [6.45, 7) is 0.531. The third kappa shape index (κ3) is 2.72. The highest BCUT2D eigenvalue weighted by Gasteiger charge is 2.35. The summed E-state index contributed by atoms with van der Waals surface area (Å²) in [4.78, 5) is 10.7. The fraction of sp³-hybridized carbons (Fsp3) is 0.182. The van der Waals surface area contributed by atoms with E-state index in [4.69, 9.17) is 14.6 Å². The predicted octanol–water partition coefficient (Wildman–Crippen LogP) is 3.30. The van der Waals surface area contributed by atoms with Crippen molar-refractivity contribution < 1.29 is 23.9 Å². The van der Waals surface area contributed by atoms with Gasteiger partial charge in [-0.25, -0.2) is 4.79 Å². The van der Waals surface area contributed by atoms with Crippen LogP contribution >= 0.6 is 0 Å². The molecule has 1 atom stereocenters. The third-order valence-corrected chi connectivity index (χ3v) is 5.12. The maximum absolute atomic E-state index is 10.7. The number of ether oxygens (including phenoxy) is 2. The first-order valence-corrected chi connectivity index (χ1v) is 8.98. The lowest BCUT2D eigenvalue weighted by Crippen LogP contribution is -2.47. The number of hydrogen-bond donors (Lipinski definition) is 1. The molecule has 2 aliphatic rings. The molecular formula is C22H18NO4+. The van der Waals surface area contributed by atoms with Crippen molar-refractivity contribution in [3.05, 3.63) is 65.9 Å². The Labute approximate surface area is 156 Å². The number of carboxylic acid groups (broad SMARTS) is 1. The number of hydrogen-bond acceptors (Lipinski definition) is 3. The molecule has 3 heterocycles. The minimum absolute atomic E-state index is 0.00612. The molecule has 27 heavy (non-hydrogen) atoms. The molecule has 2 aliphatic heterocycles. The van der Waals surface area contributed by atoms with Crippen molar-refractivity contribution in [2.75, 3.05) is 6.61 Å². The van der Waals surface area contributed by atoms with E-state index in [-0.39, 0.29) is 12.7 Å². The first-order valence-electron chi connectivity index (χ1n) is 8.98. The number of rotatable bonds is 3. The minimum Gasteiger partial charge on any atom is -0.484 e. The Morgan fingerprint density at radius 1 is 1.19 bits per heavy atom. The number of carbonyl (C=O) groups is 1. The second kappa shape index (κ2) is 6.13. The van der Waals surface area contributed by atoms with Crippen LogP contribution in [-0.2, 0) is 11.3 Å². The summed E-state index contributed by atoms with van der Waals surface area (Å²) in [7, 11) is 0. The van der Waals surface area contributed by atoms with Gasteiger partial charge in [-0.1, -0.05) is 12.1 Å². The van der Waals surface area contributed by atoms with Gasteiger partial charge in [0.05, 0.1) is 5.57 Å². The largest absolute Gasteiger partial charge is 0.484 e. The summed E-state index contributed by atoms with van der Waals surface area (Å²) in [6.07, 6.45) is 3.05. The molecule has 0 saturated carbocycles. The standard InChI is InChI=1S/C22H17NO4/c24-22(25)13-26-16-7-5-15-11-17-19-8-6-14-3-1-2-4-18(14)23(19)10-9-20(17)27-21(15)12-16/h1-8,11-12,20H,9-10,13H2/p+1. The van der Waals surface area contributed by atoms with Crippen LogP contribution in [0.1, 0.15) is 17.7 Å². The van der Waals surface area contributed by atoms with Crippen molar-refractivity contribution in [3.63, 3.8) is 0 Å². The normalized spacial score (nSPS) is 17.2. The Bertz CT molecular complexity index is 1100. The van der Waals surface area contributed by atoms with Crippen molar-refractivity contribution in [1.29, 1.82) is 0 Å². The minimum atomic E-state index is -0.996. The average Bonchev–Trinajstić information content (AvgIpc) is 2.70. The van der Waals surface area contributed by atoms with Crippen molar-refractivity contribution in [2.45, 2.75) is 19.1 Å². The van der Waals surface area contributed by atoms with Crippen molar-refractivity contribution in [2.24, 2.45) is 0 Å². The monoisotopic (exact) mass is 360 g/mol. The highest BCUT2D eigenvalue weighted by Crippen LogP contribution is 2.38. The Balaban J connectivity index is 1.56. The Kier molecular flexibility index (Phi) is 3.60. The summed E-state index contributed by atoms with van der Waals surface area (Å²) < 4.78 is 13.9. The number of carboxylic acids is 1. The molecule has 1 N–H and O–H groups in total. The number of aryl methyl sites for hydroxylation is 1. The maximum atomic E-state index is 10.7. The Morgan fingerprint density at radius 3 is 2.96 bits per heavy atom. The first-order chi connectivity index (χ1) is 13.2. The molecule has 0 radical (unpaired) electrons. The molecule has 2 aromatic carbocycles. The molecule has 3 aromatic rings. The zero-order valence-electron chi connectivity index (χ0n) is 14.6. The number of aliphatic carboxylic acids is 1. The second-order valence-electron chi connectivity index (χ2n) is 6.81. The average molecular weight is 360 g/mol. The first kappa shape index (κ1) is 15.9. The van der Waals surface area contributed by atoms with E-state index in [1.54, 1.807) is 12.1 Å². The van der Waals surface area contributed by atoms with Gasteiger partial charge in [-0.3, -0.25) is 0 Å². The molecule has 0 amide bonds. The van der Waals surface area contributed by atoms with E-state index in [2.05, 4.69) is 47.0 Å². The predicted molar refractivity (Wildman–Crippen MR) is 101 cm³/mol. The number of nitrogens with zero attached hydrogens (tertiary/aromatic N) is 1. The van der Waals surface area contributed by atoms with Gasteiger partial charge < -0.3 is 14.6 Å². The van der Waals surface area contributed by atoms with E-state index < -0.39 is 5.97 Å². The van der Waals surface area contributed by atoms with Gasteiger partial charge in [0.2, 0.25) is 11.2 Å². The number of aromatic nitrogens is 1. The van der Waals surface area contributed by atoms with Crippen LogP contribution in [0.5, 0.6) is 11.5 Å². The number of pyridine rings is 1. The van der Waals surface area contributed by atoms with Gasteiger partial charge in [-0.15, -0.1) is 0 Å². The van der Waals surface area contributed by atoms with Gasteiger partial charge in [0.25, 0.3) is 0 Å². The van der Waals surface area contributed by atoms with Gasteiger partial charge in [-0.2, -0.15) is 4.57 Å². The molecule has 5 heteroatoms. The quantitative estimate of drug-likeness (QED) is 0.728. The maximum Gasteiger partial charge on any atom is 0.341 e. The van der Waals surface area contributed by atoms with E-state index in [0.717, 1.165) is 24.3 Å². The van der Waals surface area contributed by atoms with Crippen molar-refractivity contribution >= 4 is 28.5 Å². The van der Waals surface area contributed by atoms with Gasteiger partial charge in [-0.05, 0) is 30.3 Å². The molecular weight excluding hydrogens is 342 g/mol. The lowest BCUT2D eigenvalue weighted by molar-refractivity contribution is -0.678. The van der Waals surface area contributed by atoms with E-state index in [0.29, 0.717) is 5.75 Å². The molecule has 5 nitrogen and oxygen atoms in total. The summed E-state index contributed by atoms with van der Waals surface area (Å²) in [5.41, 5.74) is 4.57. The fourth-order valence-electron chi connectivity index (χ4n) is 3.90. The van der Waals surface area contributed by atoms with Gasteiger partial charge in [0, 0.05) is 35.6 Å².